The van der Waals surface area contributed by atoms with E-state index in [0.29, 0.717) is 15.6 Å². The highest BCUT2D eigenvalue weighted by Gasteiger charge is 2.17. The molecule has 0 bridgehead atoms. The van der Waals surface area contributed by atoms with E-state index >= 15 is 0 Å². The van der Waals surface area contributed by atoms with Crippen molar-refractivity contribution in [2.45, 2.75) is 6.92 Å². The Morgan fingerprint density at radius 1 is 1.29 bits per heavy atom. The zero-order chi connectivity index (χ0) is 17.7. The van der Waals surface area contributed by atoms with Crippen LogP contribution in [0.1, 0.15) is 21.5 Å². The first-order valence-corrected chi connectivity index (χ1v) is 7.68. The van der Waals surface area contributed by atoms with Gasteiger partial charge in [0.1, 0.15) is 0 Å². The number of hydrogen-bond acceptors (Lipinski definition) is 5. The molecule has 6 nitrogen and oxygen atoms in total. The van der Waals surface area contributed by atoms with Gasteiger partial charge in [-0.2, -0.15) is 0 Å². The van der Waals surface area contributed by atoms with Crippen LogP contribution >= 0.6 is 15.9 Å². The summed E-state index contributed by atoms with van der Waals surface area (Å²) in [6, 6.07) is 10.2. The van der Waals surface area contributed by atoms with Gasteiger partial charge in [0, 0.05) is 6.08 Å². The molecule has 0 saturated carbocycles. The fourth-order valence-corrected chi connectivity index (χ4v) is 2.57. The molecule has 0 aliphatic rings. The van der Waals surface area contributed by atoms with Crippen LogP contribution in [0.15, 0.2) is 47.1 Å². The normalized spacial score (nSPS) is 10.6. The van der Waals surface area contributed by atoms with E-state index in [1.165, 1.54) is 13.2 Å². The van der Waals surface area contributed by atoms with Crippen LogP contribution in [0, 0.1) is 17.0 Å². The highest BCUT2D eigenvalue weighted by Crippen LogP contribution is 2.37. The zero-order valence-electron chi connectivity index (χ0n) is 13.0. The van der Waals surface area contributed by atoms with Gasteiger partial charge in [-0.3, -0.25) is 10.1 Å². The Bertz CT molecular complexity index is 817. The van der Waals surface area contributed by atoms with Crippen molar-refractivity contribution in [1.29, 1.82) is 0 Å². The summed E-state index contributed by atoms with van der Waals surface area (Å²) in [6.45, 7) is 1.81. The standard InChI is InChI=1S/C17H14BrNO5/c1-11-5-3-4-6-13(11)17(20)24-16-14(18)9-12(7-8-19(21)22)10-15(16)23-2/h3-10H,1-2H3/b8-7+. The molecule has 0 aliphatic carbocycles. The summed E-state index contributed by atoms with van der Waals surface area (Å²) >= 11 is 3.30. The molecule has 0 amide bonds. The van der Waals surface area contributed by atoms with Crippen LogP contribution in [-0.4, -0.2) is 18.0 Å². The van der Waals surface area contributed by atoms with E-state index in [0.717, 1.165) is 11.8 Å². The number of nitrogens with zero attached hydrogens (tertiary/aromatic N) is 1. The summed E-state index contributed by atoms with van der Waals surface area (Å²) in [6.07, 6.45) is 2.14. The maximum atomic E-state index is 12.4. The van der Waals surface area contributed by atoms with Gasteiger partial charge in [-0.1, -0.05) is 18.2 Å². The third-order valence-electron chi connectivity index (χ3n) is 3.20. The lowest BCUT2D eigenvalue weighted by atomic mass is 10.1. The van der Waals surface area contributed by atoms with Crippen LogP contribution in [0.3, 0.4) is 0 Å². The Labute approximate surface area is 147 Å². The van der Waals surface area contributed by atoms with Crippen molar-refractivity contribution in [1.82, 2.24) is 0 Å². The van der Waals surface area contributed by atoms with Crippen molar-refractivity contribution in [3.8, 4) is 11.5 Å². The molecule has 0 fully saturated rings. The molecule has 7 heteroatoms. The summed E-state index contributed by atoms with van der Waals surface area (Å²) < 4.78 is 11.1. The van der Waals surface area contributed by atoms with Crippen molar-refractivity contribution in [3.05, 3.63) is 73.9 Å². The van der Waals surface area contributed by atoms with E-state index in [2.05, 4.69) is 15.9 Å². The third kappa shape index (κ3) is 4.20. The molecular formula is C17H14BrNO5. The van der Waals surface area contributed by atoms with E-state index in [1.807, 2.05) is 19.1 Å². The minimum Gasteiger partial charge on any atom is -0.493 e. The van der Waals surface area contributed by atoms with Gasteiger partial charge >= 0.3 is 5.97 Å². The van der Waals surface area contributed by atoms with Gasteiger partial charge in [0.15, 0.2) is 11.5 Å². The number of carbonyl (C=O) groups excluding carboxylic acids is 1. The number of aryl methyl sites for hydroxylation is 1. The fourth-order valence-electron chi connectivity index (χ4n) is 2.03. The van der Waals surface area contributed by atoms with Gasteiger partial charge in [-0.05, 0) is 52.2 Å². The van der Waals surface area contributed by atoms with Crippen LogP contribution in [0.2, 0.25) is 0 Å². The number of benzene rings is 2. The number of ether oxygens (including phenoxy) is 2. The number of rotatable bonds is 5. The SMILES string of the molecule is COc1cc(/C=C/[N+](=O)[O-])cc(Br)c1OC(=O)c1ccccc1C. The molecule has 0 aromatic heterocycles. The lowest BCUT2D eigenvalue weighted by Crippen LogP contribution is -2.11. The molecule has 124 valence electrons. The molecular weight excluding hydrogens is 378 g/mol. The molecule has 0 N–H and O–H groups in total. The summed E-state index contributed by atoms with van der Waals surface area (Å²) in [7, 11) is 1.42. The van der Waals surface area contributed by atoms with Gasteiger partial charge in [0.05, 0.1) is 22.1 Å². The van der Waals surface area contributed by atoms with E-state index in [1.54, 1.807) is 24.3 Å². The second kappa shape index (κ2) is 7.74. The fraction of sp³-hybridized carbons (Fsp3) is 0.118. The maximum Gasteiger partial charge on any atom is 0.343 e. The molecule has 0 unspecified atom stereocenters. The number of halogens is 1. The van der Waals surface area contributed by atoms with E-state index in [4.69, 9.17) is 9.47 Å². The third-order valence-corrected chi connectivity index (χ3v) is 3.79. The molecule has 0 heterocycles. The first-order valence-electron chi connectivity index (χ1n) is 6.89. The topological polar surface area (TPSA) is 78.7 Å². The monoisotopic (exact) mass is 391 g/mol. The zero-order valence-corrected chi connectivity index (χ0v) is 14.6. The largest absolute Gasteiger partial charge is 0.493 e. The molecule has 0 radical (unpaired) electrons. The number of carbonyl (C=O) groups is 1. The molecule has 2 aromatic carbocycles. The van der Waals surface area contributed by atoms with Crippen LogP contribution < -0.4 is 9.47 Å². The summed E-state index contributed by atoms with van der Waals surface area (Å²) in [5.74, 6) is -0.0148. The van der Waals surface area contributed by atoms with Crippen molar-refractivity contribution in [2.75, 3.05) is 7.11 Å². The Kier molecular flexibility index (Phi) is 5.70. The first-order chi connectivity index (χ1) is 11.4. The number of hydrogen-bond donors (Lipinski definition) is 0. The summed E-state index contributed by atoms with van der Waals surface area (Å²) in [5.41, 5.74) is 1.78. The van der Waals surface area contributed by atoms with Gasteiger partial charge in [-0.25, -0.2) is 4.79 Å². The smallest absolute Gasteiger partial charge is 0.343 e. The lowest BCUT2D eigenvalue weighted by molar-refractivity contribution is -0.400. The van der Waals surface area contributed by atoms with E-state index < -0.39 is 10.9 Å². The minimum atomic E-state index is -0.563. The average molecular weight is 392 g/mol. The molecule has 0 atom stereocenters. The van der Waals surface area contributed by atoms with E-state index in [-0.39, 0.29) is 11.5 Å². The van der Waals surface area contributed by atoms with Gasteiger partial charge in [0.2, 0.25) is 6.20 Å². The Balaban J connectivity index is 2.35. The average Bonchev–Trinajstić information content (AvgIpc) is 2.55. The quantitative estimate of drug-likeness (QED) is 0.329. The molecule has 0 aliphatic heterocycles. The summed E-state index contributed by atoms with van der Waals surface area (Å²) in [4.78, 5) is 22.2. The van der Waals surface area contributed by atoms with Crippen LogP contribution in [0.4, 0.5) is 0 Å². The number of esters is 1. The Hall–Kier alpha value is -2.67. The van der Waals surface area contributed by atoms with E-state index in [9.17, 15) is 14.9 Å². The second-order valence-electron chi connectivity index (χ2n) is 4.84. The van der Waals surface area contributed by atoms with Crippen LogP contribution in [-0.2, 0) is 0 Å². The number of methoxy groups -OCH3 is 1. The van der Waals surface area contributed by atoms with Gasteiger partial charge < -0.3 is 9.47 Å². The van der Waals surface area contributed by atoms with Gasteiger partial charge in [0.25, 0.3) is 0 Å². The predicted molar refractivity (Wildman–Crippen MR) is 92.9 cm³/mol. The predicted octanol–water partition coefficient (Wildman–Crippen LogP) is 4.23. The first kappa shape index (κ1) is 17.7. The van der Waals surface area contributed by atoms with Crippen molar-refractivity contribution < 1.29 is 19.2 Å². The highest BCUT2D eigenvalue weighted by molar-refractivity contribution is 9.10. The molecule has 0 spiro atoms. The lowest BCUT2D eigenvalue weighted by Gasteiger charge is -2.13. The van der Waals surface area contributed by atoms with Crippen LogP contribution in [0.5, 0.6) is 11.5 Å². The Morgan fingerprint density at radius 3 is 2.62 bits per heavy atom. The van der Waals surface area contributed by atoms with Crippen molar-refractivity contribution in [3.63, 3.8) is 0 Å². The molecule has 2 rings (SSSR count). The Morgan fingerprint density at radius 2 is 2.00 bits per heavy atom. The van der Waals surface area contributed by atoms with Crippen molar-refractivity contribution in [2.24, 2.45) is 0 Å². The molecule has 2 aromatic rings. The molecule has 24 heavy (non-hydrogen) atoms. The second-order valence-corrected chi connectivity index (χ2v) is 5.69. The minimum absolute atomic E-state index is 0.212. The van der Waals surface area contributed by atoms with Crippen molar-refractivity contribution >= 4 is 28.0 Å². The maximum absolute atomic E-state index is 12.4. The van der Waals surface area contributed by atoms with Crippen LogP contribution in [0.25, 0.3) is 6.08 Å². The number of nitro groups is 1. The summed E-state index contributed by atoms with van der Waals surface area (Å²) in [5, 5.41) is 10.4. The molecule has 0 saturated heterocycles. The van der Waals surface area contributed by atoms with Gasteiger partial charge in [-0.15, -0.1) is 0 Å². The highest BCUT2D eigenvalue weighted by atomic mass is 79.9.